The van der Waals surface area contributed by atoms with E-state index in [9.17, 15) is 4.79 Å². The molecule has 0 heterocycles. The lowest BCUT2D eigenvalue weighted by Gasteiger charge is -2.04. The van der Waals surface area contributed by atoms with Gasteiger partial charge in [0.2, 0.25) is 5.91 Å². The van der Waals surface area contributed by atoms with Crippen molar-refractivity contribution in [3.05, 3.63) is 60.2 Å². The molecule has 0 atom stereocenters. The Morgan fingerprint density at radius 1 is 1.06 bits per heavy atom. The van der Waals surface area contributed by atoms with Crippen molar-refractivity contribution in [2.45, 2.75) is 17.6 Å². The number of hydrogen-bond donors (Lipinski definition) is 1. The summed E-state index contributed by atoms with van der Waals surface area (Å²) in [4.78, 5) is 12.1. The van der Waals surface area contributed by atoms with Crippen molar-refractivity contribution in [3.8, 4) is 0 Å². The molecule has 2 nitrogen and oxygen atoms in total. The van der Waals surface area contributed by atoms with Gasteiger partial charge in [0.05, 0.1) is 0 Å². The lowest BCUT2D eigenvalue weighted by atomic mass is 10.2. The highest BCUT2D eigenvalue weighted by molar-refractivity contribution is 7.98. The summed E-state index contributed by atoms with van der Waals surface area (Å²) in [5.41, 5.74) is 2.15. The first kappa shape index (κ1) is 12.7. The summed E-state index contributed by atoms with van der Waals surface area (Å²) in [6.45, 7) is 1.51. The monoisotopic (exact) mass is 257 g/mol. The van der Waals surface area contributed by atoms with E-state index in [1.54, 1.807) is 11.8 Å². The van der Waals surface area contributed by atoms with Gasteiger partial charge in [0.25, 0.3) is 0 Å². The fraction of sp³-hybridized carbons (Fsp3) is 0.133. The zero-order chi connectivity index (χ0) is 12.8. The highest BCUT2D eigenvalue weighted by Crippen LogP contribution is 2.24. The molecule has 0 aliphatic heterocycles. The summed E-state index contributed by atoms with van der Waals surface area (Å²) in [6.07, 6.45) is 0. The average molecular weight is 257 g/mol. The molecule has 1 N–H and O–H groups in total. The molecule has 92 valence electrons. The third-order valence-corrected chi connectivity index (χ3v) is 3.51. The van der Waals surface area contributed by atoms with Crippen molar-refractivity contribution < 1.29 is 4.79 Å². The second-order valence-electron chi connectivity index (χ2n) is 3.98. The van der Waals surface area contributed by atoms with Crippen LogP contribution in [-0.4, -0.2) is 5.91 Å². The van der Waals surface area contributed by atoms with Crippen molar-refractivity contribution in [2.24, 2.45) is 0 Å². The minimum atomic E-state index is -0.0420. The average Bonchev–Trinajstić information content (AvgIpc) is 2.38. The molecule has 1 amide bonds. The molecule has 0 aliphatic rings. The molecule has 2 rings (SSSR count). The molecule has 0 radical (unpaired) electrons. The maximum Gasteiger partial charge on any atom is 0.221 e. The van der Waals surface area contributed by atoms with Crippen LogP contribution in [0.5, 0.6) is 0 Å². The van der Waals surface area contributed by atoms with E-state index in [1.165, 1.54) is 17.4 Å². The van der Waals surface area contributed by atoms with E-state index in [2.05, 4.69) is 29.6 Å². The zero-order valence-corrected chi connectivity index (χ0v) is 11.0. The second kappa shape index (κ2) is 6.26. The van der Waals surface area contributed by atoms with E-state index in [-0.39, 0.29) is 5.91 Å². The predicted molar refractivity (Wildman–Crippen MR) is 76.7 cm³/mol. The van der Waals surface area contributed by atoms with Crippen LogP contribution in [0.2, 0.25) is 0 Å². The number of amides is 1. The molecule has 0 bridgehead atoms. The second-order valence-corrected chi connectivity index (χ2v) is 5.03. The number of anilines is 1. The lowest BCUT2D eigenvalue weighted by molar-refractivity contribution is -0.114. The SMILES string of the molecule is CC(=O)Nc1ccc(SCc2ccccc2)cc1. The van der Waals surface area contributed by atoms with E-state index >= 15 is 0 Å². The number of hydrogen-bond acceptors (Lipinski definition) is 2. The summed E-state index contributed by atoms with van der Waals surface area (Å²) in [6, 6.07) is 18.3. The molecule has 0 aromatic heterocycles. The fourth-order valence-corrected chi connectivity index (χ4v) is 2.43. The van der Waals surface area contributed by atoms with Gasteiger partial charge in [0.1, 0.15) is 0 Å². The Bertz CT molecular complexity index is 508. The van der Waals surface area contributed by atoms with Crippen LogP contribution in [0.4, 0.5) is 5.69 Å². The Balaban J connectivity index is 1.92. The van der Waals surface area contributed by atoms with Crippen LogP contribution in [0, 0.1) is 0 Å². The van der Waals surface area contributed by atoms with E-state index in [0.717, 1.165) is 11.4 Å². The van der Waals surface area contributed by atoms with Crippen LogP contribution in [0.25, 0.3) is 0 Å². The Morgan fingerprint density at radius 3 is 2.33 bits per heavy atom. The van der Waals surface area contributed by atoms with Crippen LogP contribution in [-0.2, 0) is 10.5 Å². The molecule has 3 heteroatoms. The van der Waals surface area contributed by atoms with Crippen molar-refractivity contribution >= 4 is 23.4 Å². The molecule has 0 unspecified atom stereocenters. The summed E-state index contributed by atoms with van der Waals surface area (Å²) in [5, 5.41) is 2.76. The van der Waals surface area contributed by atoms with Gasteiger partial charge in [-0.2, -0.15) is 0 Å². The van der Waals surface area contributed by atoms with Crippen LogP contribution in [0.1, 0.15) is 12.5 Å². The van der Waals surface area contributed by atoms with Gasteiger partial charge in [-0.15, -0.1) is 11.8 Å². The third kappa shape index (κ3) is 3.93. The van der Waals surface area contributed by atoms with Crippen molar-refractivity contribution in [1.82, 2.24) is 0 Å². The van der Waals surface area contributed by atoms with E-state index in [4.69, 9.17) is 0 Å². The summed E-state index contributed by atoms with van der Waals surface area (Å²) in [5.74, 6) is 0.917. The standard InChI is InChI=1S/C15H15NOS/c1-12(17)16-14-7-9-15(10-8-14)18-11-13-5-3-2-4-6-13/h2-10H,11H2,1H3,(H,16,17). The van der Waals surface area contributed by atoms with Crippen LogP contribution < -0.4 is 5.32 Å². The fourth-order valence-electron chi connectivity index (χ4n) is 1.58. The predicted octanol–water partition coefficient (Wildman–Crippen LogP) is 3.94. The van der Waals surface area contributed by atoms with Gasteiger partial charge in [-0.1, -0.05) is 30.3 Å². The minimum absolute atomic E-state index is 0.0420. The maximum absolute atomic E-state index is 10.9. The molecular formula is C15H15NOS. The van der Waals surface area contributed by atoms with Gasteiger partial charge in [-0.3, -0.25) is 4.79 Å². The molecule has 2 aromatic rings. The largest absolute Gasteiger partial charge is 0.326 e. The Kier molecular flexibility index (Phi) is 4.42. The lowest BCUT2D eigenvalue weighted by Crippen LogP contribution is -2.05. The van der Waals surface area contributed by atoms with Gasteiger partial charge in [0.15, 0.2) is 0 Å². The summed E-state index contributed by atoms with van der Waals surface area (Å²) in [7, 11) is 0. The summed E-state index contributed by atoms with van der Waals surface area (Å²) >= 11 is 1.79. The van der Waals surface area contributed by atoms with E-state index in [1.807, 2.05) is 30.3 Å². The van der Waals surface area contributed by atoms with E-state index in [0.29, 0.717) is 0 Å². The minimum Gasteiger partial charge on any atom is -0.326 e. The molecule has 2 aromatic carbocycles. The Morgan fingerprint density at radius 2 is 1.72 bits per heavy atom. The van der Waals surface area contributed by atoms with Crippen LogP contribution >= 0.6 is 11.8 Å². The Labute approximate surface area is 111 Å². The number of nitrogens with one attached hydrogen (secondary N) is 1. The molecule has 0 aliphatic carbocycles. The topological polar surface area (TPSA) is 29.1 Å². The number of carbonyl (C=O) groups excluding carboxylic acids is 1. The molecule has 0 spiro atoms. The van der Waals surface area contributed by atoms with Gasteiger partial charge in [-0.25, -0.2) is 0 Å². The normalized spacial score (nSPS) is 10.1. The van der Waals surface area contributed by atoms with E-state index < -0.39 is 0 Å². The number of rotatable bonds is 4. The number of thioether (sulfide) groups is 1. The van der Waals surface area contributed by atoms with Crippen molar-refractivity contribution in [2.75, 3.05) is 5.32 Å². The number of carbonyl (C=O) groups is 1. The highest BCUT2D eigenvalue weighted by atomic mass is 32.2. The summed E-state index contributed by atoms with van der Waals surface area (Å²) < 4.78 is 0. The number of benzene rings is 2. The molecule has 0 saturated heterocycles. The van der Waals surface area contributed by atoms with Gasteiger partial charge in [-0.05, 0) is 29.8 Å². The maximum atomic E-state index is 10.9. The Hall–Kier alpha value is -1.74. The molecule has 18 heavy (non-hydrogen) atoms. The first-order valence-corrected chi connectivity index (χ1v) is 6.77. The van der Waals surface area contributed by atoms with Gasteiger partial charge >= 0.3 is 0 Å². The van der Waals surface area contributed by atoms with Crippen LogP contribution in [0.15, 0.2) is 59.5 Å². The van der Waals surface area contributed by atoms with Crippen molar-refractivity contribution in [3.63, 3.8) is 0 Å². The highest BCUT2D eigenvalue weighted by Gasteiger charge is 1.98. The first-order chi connectivity index (χ1) is 8.74. The quantitative estimate of drug-likeness (QED) is 0.841. The smallest absolute Gasteiger partial charge is 0.221 e. The molecular weight excluding hydrogens is 242 g/mol. The van der Waals surface area contributed by atoms with Gasteiger partial charge in [0, 0.05) is 23.3 Å². The van der Waals surface area contributed by atoms with Gasteiger partial charge < -0.3 is 5.32 Å². The van der Waals surface area contributed by atoms with Crippen molar-refractivity contribution in [1.29, 1.82) is 0 Å². The zero-order valence-electron chi connectivity index (χ0n) is 10.2. The molecule has 0 fully saturated rings. The first-order valence-electron chi connectivity index (χ1n) is 5.78. The van der Waals surface area contributed by atoms with Crippen LogP contribution in [0.3, 0.4) is 0 Å². The third-order valence-electron chi connectivity index (χ3n) is 2.42. The molecule has 0 saturated carbocycles.